The maximum absolute atomic E-state index is 13.6. The van der Waals surface area contributed by atoms with Crippen LogP contribution in [-0.2, 0) is 24.3 Å². The van der Waals surface area contributed by atoms with E-state index in [-0.39, 0.29) is 42.6 Å². The second-order valence-electron chi connectivity index (χ2n) is 8.09. The van der Waals surface area contributed by atoms with E-state index in [4.69, 9.17) is 15.2 Å². The third-order valence-electron chi connectivity index (χ3n) is 5.74. The van der Waals surface area contributed by atoms with Crippen molar-refractivity contribution in [1.29, 1.82) is 5.26 Å². The molecule has 0 fully saturated rings. The molecule has 2 atom stereocenters. The number of carboxylic acid groups (broad SMARTS) is 1. The molecule has 2 aromatic rings. The molecule has 34 heavy (non-hydrogen) atoms. The van der Waals surface area contributed by atoms with Crippen molar-refractivity contribution in [3.63, 3.8) is 0 Å². The Morgan fingerprint density at radius 2 is 2.18 bits per heavy atom. The van der Waals surface area contributed by atoms with Crippen molar-refractivity contribution in [2.75, 3.05) is 18.9 Å². The summed E-state index contributed by atoms with van der Waals surface area (Å²) in [5.74, 6) is -1.14. The predicted octanol–water partition coefficient (Wildman–Crippen LogP) is 1.53. The van der Waals surface area contributed by atoms with Gasteiger partial charge in [-0.15, -0.1) is 0 Å². The van der Waals surface area contributed by atoms with Crippen LogP contribution < -0.4 is 10.6 Å². The fourth-order valence-electron chi connectivity index (χ4n) is 4.07. The number of benzene rings is 1. The largest absolute Gasteiger partial charge is 0.465 e. The van der Waals surface area contributed by atoms with Gasteiger partial charge in [0.2, 0.25) is 0 Å². The Morgan fingerprint density at radius 3 is 2.88 bits per heavy atom. The zero-order valence-corrected chi connectivity index (χ0v) is 18.4. The molecule has 0 saturated carbocycles. The lowest BCUT2D eigenvalue weighted by Crippen LogP contribution is -2.45. The van der Waals surface area contributed by atoms with E-state index < -0.39 is 30.0 Å². The Balaban J connectivity index is 1.58. The van der Waals surface area contributed by atoms with Gasteiger partial charge in [0.15, 0.2) is 0 Å². The van der Waals surface area contributed by atoms with E-state index >= 15 is 0 Å². The summed E-state index contributed by atoms with van der Waals surface area (Å²) >= 11 is 0. The normalized spacial score (nSPS) is 19.5. The lowest BCUT2D eigenvalue weighted by atomic mass is 9.99. The second-order valence-corrected chi connectivity index (χ2v) is 8.09. The Bertz CT molecular complexity index is 1210. The van der Waals surface area contributed by atoms with Crippen LogP contribution in [-0.4, -0.2) is 68.6 Å². The van der Waals surface area contributed by atoms with Crippen molar-refractivity contribution < 1.29 is 28.7 Å². The number of aromatic nitrogens is 2. The van der Waals surface area contributed by atoms with Gasteiger partial charge in [0.1, 0.15) is 23.7 Å². The van der Waals surface area contributed by atoms with E-state index in [0.717, 1.165) is 11.1 Å². The minimum absolute atomic E-state index is 0.0375. The van der Waals surface area contributed by atoms with E-state index in [1.807, 2.05) is 6.92 Å². The summed E-state index contributed by atoms with van der Waals surface area (Å²) in [6.07, 6.45) is -1.47. The second kappa shape index (κ2) is 8.99. The fourth-order valence-corrected chi connectivity index (χ4v) is 4.07. The van der Waals surface area contributed by atoms with Crippen molar-refractivity contribution in [2.24, 2.45) is 0 Å². The summed E-state index contributed by atoms with van der Waals surface area (Å²) in [6.45, 7) is 2.05. The summed E-state index contributed by atoms with van der Waals surface area (Å²) < 4.78 is 15.1. The van der Waals surface area contributed by atoms with Crippen molar-refractivity contribution in [2.45, 2.75) is 38.6 Å². The zero-order chi connectivity index (χ0) is 24.6. The quantitative estimate of drug-likeness (QED) is 0.614. The Morgan fingerprint density at radius 1 is 1.41 bits per heavy atom. The molecule has 1 aromatic heterocycles. The average Bonchev–Trinajstić information content (AvgIpc) is 3.07. The van der Waals surface area contributed by atoms with Crippen molar-refractivity contribution in [3.05, 3.63) is 46.5 Å². The van der Waals surface area contributed by atoms with Crippen molar-refractivity contribution in [1.82, 2.24) is 25.1 Å². The molecule has 4 amide bonds. The van der Waals surface area contributed by atoms with Crippen LogP contribution in [0, 0.1) is 17.1 Å². The molecule has 4 rings (SSSR count). The van der Waals surface area contributed by atoms with E-state index in [9.17, 15) is 18.8 Å². The first-order valence-electron chi connectivity index (χ1n) is 10.4. The maximum atomic E-state index is 13.6. The standard InChI is InChI=1S/C21H22FN7O5/c1-11-5-17-15(10-28(11)20(31)25-13-3-4-16(22)12(6-13)7-23)18-19(30)27(2)34-14(8-24-21(32)33)9-29(18)26-17/h3-4,6,11,14,24H,5,8-10H2,1-2H3,(H,25,31)(H,32,33)/t11-,14?/m1/s1. The number of hydrogen-bond acceptors (Lipinski definition) is 6. The number of carbonyl (C=O) groups is 3. The monoisotopic (exact) mass is 471 g/mol. The third-order valence-corrected chi connectivity index (χ3v) is 5.74. The first kappa shape index (κ1) is 23.0. The fraction of sp³-hybridized carbons (Fsp3) is 0.381. The number of nitriles is 1. The van der Waals surface area contributed by atoms with Crippen molar-refractivity contribution in [3.8, 4) is 6.07 Å². The Hall–Kier alpha value is -4.18. The van der Waals surface area contributed by atoms with Crippen LogP contribution in [0.5, 0.6) is 0 Å². The van der Waals surface area contributed by atoms with E-state index in [1.54, 1.807) is 6.07 Å². The number of halogens is 1. The maximum Gasteiger partial charge on any atom is 0.404 e. The van der Waals surface area contributed by atoms with Crippen LogP contribution in [0.4, 0.5) is 19.7 Å². The van der Waals surface area contributed by atoms with Gasteiger partial charge in [-0.1, -0.05) is 0 Å². The highest BCUT2D eigenvalue weighted by Crippen LogP contribution is 2.29. The molecule has 3 heterocycles. The number of fused-ring (bicyclic) bond motifs is 3. The van der Waals surface area contributed by atoms with Crippen LogP contribution in [0.2, 0.25) is 0 Å². The number of urea groups is 1. The van der Waals surface area contributed by atoms with Crippen LogP contribution in [0.3, 0.4) is 0 Å². The van der Waals surface area contributed by atoms with Gasteiger partial charge in [0.25, 0.3) is 5.91 Å². The van der Waals surface area contributed by atoms with Gasteiger partial charge >= 0.3 is 12.1 Å². The number of nitrogens with one attached hydrogen (secondary N) is 2. The van der Waals surface area contributed by atoms with Gasteiger partial charge in [0.05, 0.1) is 30.9 Å². The highest BCUT2D eigenvalue weighted by Gasteiger charge is 2.37. The number of amides is 4. The van der Waals surface area contributed by atoms with E-state index in [1.165, 1.54) is 28.8 Å². The molecular formula is C21H22FN7O5. The molecule has 0 spiro atoms. The first-order chi connectivity index (χ1) is 16.2. The van der Waals surface area contributed by atoms with Gasteiger partial charge in [0, 0.05) is 30.8 Å². The Kier molecular flexibility index (Phi) is 6.08. The molecule has 178 valence electrons. The van der Waals surface area contributed by atoms with E-state index in [0.29, 0.717) is 17.7 Å². The Labute approximate surface area is 193 Å². The molecule has 0 radical (unpaired) electrons. The van der Waals surface area contributed by atoms with Gasteiger partial charge in [-0.25, -0.2) is 19.0 Å². The van der Waals surface area contributed by atoms with Gasteiger partial charge in [-0.05, 0) is 25.1 Å². The molecule has 3 N–H and O–H groups in total. The summed E-state index contributed by atoms with van der Waals surface area (Å²) in [7, 11) is 1.43. The number of carbonyl (C=O) groups excluding carboxylic acids is 2. The van der Waals surface area contributed by atoms with Gasteiger partial charge < -0.3 is 20.6 Å². The number of rotatable bonds is 3. The zero-order valence-electron chi connectivity index (χ0n) is 18.4. The molecular weight excluding hydrogens is 449 g/mol. The highest BCUT2D eigenvalue weighted by molar-refractivity contribution is 5.94. The van der Waals surface area contributed by atoms with Crippen molar-refractivity contribution >= 4 is 23.7 Å². The minimum atomic E-state index is -1.21. The smallest absolute Gasteiger partial charge is 0.404 e. The number of anilines is 1. The number of hydroxylamine groups is 2. The molecule has 0 bridgehead atoms. The molecule has 2 aliphatic rings. The summed E-state index contributed by atoms with van der Waals surface area (Å²) in [5, 5.41) is 28.4. The van der Waals surface area contributed by atoms with E-state index in [2.05, 4.69) is 15.7 Å². The lowest BCUT2D eigenvalue weighted by molar-refractivity contribution is -0.146. The average molecular weight is 471 g/mol. The molecule has 13 heteroatoms. The first-order valence-corrected chi connectivity index (χ1v) is 10.4. The van der Waals surface area contributed by atoms with Crippen LogP contribution in [0.15, 0.2) is 18.2 Å². The molecule has 0 saturated heterocycles. The minimum Gasteiger partial charge on any atom is -0.465 e. The molecule has 1 unspecified atom stereocenters. The van der Waals surface area contributed by atoms with Crippen LogP contribution in [0.1, 0.15) is 34.2 Å². The van der Waals surface area contributed by atoms with Gasteiger partial charge in [-0.3, -0.25) is 14.3 Å². The third kappa shape index (κ3) is 4.35. The summed E-state index contributed by atoms with van der Waals surface area (Å²) in [4.78, 5) is 44.0. The van der Waals surface area contributed by atoms with Crippen LogP contribution >= 0.6 is 0 Å². The SMILES string of the molecule is C[C@@H]1Cc2nn3c(c2CN1C(=O)Nc1ccc(F)c(C#N)c1)C(=O)N(C)OC(CNC(=O)O)C3. The van der Waals surface area contributed by atoms with Crippen LogP contribution in [0.25, 0.3) is 0 Å². The lowest BCUT2D eigenvalue weighted by Gasteiger charge is -2.33. The molecule has 1 aromatic carbocycles. The summed E-state index contributed by atoms with van der Waals surface area (Å²) in [6, 6.07) is 4.73. The number of nitrogens with zero attached hydrogens (tertiary/aromatic N) is 5. The predicted molar refractivity (Wildman–Crippen MR) is 114 cm³/mol. The molecule has 12 nitrogen and oxygen atoms in total. The van der Waals surface area contributed by atoms with Gasteiger partial charge in [-0.2, -0.15) is 10.4 Å². The number of hydrogen-bond donors (Lipinski definition) is 3. The molecule has 0 aliphatic carbocycles. The topological polar surface area (TPSA) is 153 Å². The summed E-state index contributed by atoms with van der Waals surface area (Å²) in [5.41, 5.74) is 1.61. The highest BCUT2D eigenvalue weighted by atomic mass is 19.1. The molecule has 2 aliphatic heterocycles.